The van der Waals surface area contributed by atoms with Gasteiger partial charge >= 0.3 is 5.91 Å². The van der Waals surface area contributed by atoms with Crippen molar-refractivity contribution in [1.29, 1.82) is 0 Å². The van der Waals surface area contributed by atoms with Gasteiger partial charge in [0.25, 0.3) is 15.9 Å². The smallest absolute Gasteiger partial charge is 0.305 e. The first-order chi connectivity index (χ1) is 17.2. The van der Waals surface area contributed by atoms with Gasteiger partial charge in [0, 0.05) is 23.1 Å². The number of hydrazine groups is 1. The zero-order valence-electron chi connectivity index (χ0n) is 19.4. The van der Waals surface area contributed by atoms with Crippen LogP contribution < -0.4 is 20.4 Å². The summed E-state index contributed by atoms with van der Waals surface area (Å²) in [6.07, 6.45) is 1.62. The zero-order valence-corrected chi connectivity index (χ0v) is 20.2. The molecule has 36 heavy (non-hydrogen) atoms. The molecule has 2 aromatic carbocycles. The molecule has 3 aromatic rings. The molecule has 0 spiro atoms. The van der Waals surface area contributed by atoms with Gasteiger partial charge in [-0.15, -0.1) is 0 Å². The third kappa shape index (κ3) is 5.23. The Balaban J connectivity index is 1.49. The number of carbonyl (C=O) groups excluding carboxylic acids is 2. The van der Waals surface area contributed by atoms with E-state index >= 15 is 0 Å². The molecule has 3 N–H and O–H groups in total. The first kappa shape index (κ1) is 24.9. The molecule has 2 amide bonds. The Kier molecular flexibility index (Phi) is 7.06. The highest BCUT2D eigenvalue weighted by atomic mass is 32.2. The fourth-order valence-electron chi connectivity index (χ4n) is 3.76. The number of benzene rings is 2. The van der Waals surface area contributed by atoms with Crippen molar-refractivity contribution < 1.29 is 31.6 Å². The first-order valence-corrected chi connectivity index (χ1v) is 12.4. The lowest BCUT2D eigenvalue weighted by Gasteiger charge is -2.14. The van der Waals surface area contributed by atoms with Crippen LogP contribution in [0, 0.1) is 12.7 Å². The Morgan fingerprint density at radius 3 is 2.33 bits per heavy atom. The second-order valence-corrected chi connectivity index (χ2v) is 9.61. The average molecular weight is 515 g/mol. The zero-order chi connectivity index (χ0) is 25.9. The van der Waals surface area contributed by atoms with Crippen molar-refractivity contribution in [1.82, 2.24) is 15.7 Å². The molecule has 0 aliphatic heterocycles. The van der Waals surface area contributed by atoms with Gasteiger partial charge in [-0.25, -0.2) is 4.39 Å². The second kappa shape index (κ2) is 10.2. The molecule has 10 nitrogen and oxygen atoms in total. The van der Waals surface area contributed by atoms with Gasteiger partial charge in [0.15, 0.2) is 5.76 Å². The van der Waals surface area contributed by atoms with Gasteiger partial charge in [0.1, 0.15) is 17.3 Å². The summed E-state index contributed by atoms with van der Waals surface area (Å²) in [6, 6.07) is 10.7. The molecule has 1 aromatic heterocycles. The van der Waals surface area contributed by atoms with Crippen LogP contribution in [0.1, 0.15) is 50.6 Å². The van der Waals surface area contributed by atoms with Crippen molar-refractivity contribution >= 4 is 27.5 Å². The van der Waals surface area contributed by atoms with Gasteiger partial charge < -0.3 is 9.15 Å². The summed E-state index contributed by atoms with van der Waals surface area (Å²) >= 11 is 0. The molecular formula is C24H23FN4O6S. The molecular weight excluding hydrogens is 491 g/mol. The number of furan rings is 1. The Hall–Kier alpha value is -4.19. The number of fused-ring (bicyclic) bond motifs is 1. The maximum Gasteiger partial charge on any atom is 0.305 e. The fourth-order valence-corrected chi connectivity index (χ4v) is 4.59. The molecule has 0 saturated carbocycles. The van der Waals surface area contributed by atoms with E-state index in [2.05, 4.69) is 20.8 Å². The minimum Gasteiger partial charge on any atom is -0.497 e. The number of sulfonamides is 1. The Labute approximate surface area is 206 Å². The molecule has 1 aliphatic rings. The standard InChI is InChI=1S/C24H23FN4O6S/c1-14-21-19(26-29-36(32,33)18-12-8-16(25)9-13-18)4-3-5-20(21)35-22(14)24(31)28-27-23(30)15-6-10-17(34-2)11-7-15/h6-13,29H,3-5H2,1-2H3,(H,27,30)(H,28,31)/b26-19+. The van der Waals surface area contributed by atoms with Gasteiger partial charge in [-0.1, -0.05) is 0 Å². The summed E-state index contributed by atoms with van der Waals surface area (Å²) in [7, 11) is -2.51. The molecule has 188 valence electrons. The second-order valence-electron chi connectivity index (χ2n) is 7.95. The number of amides is 2. The molecule has 0 unspecified atom stereocenters. The topological polar surface area (TPSA) is 139 Å². The summed E-state index contributed by atoms with van der Waals surface area (Å²) in [5.74, 6) is -0.703. The van der Waals surface area contributed by atoms with Crippen LogP contribution in [0.25, 0.3) is 0 Å². The van der Waals surface area contributed by atoms with Gasteiger partial charge in [-0.05, 0) is 68.3 Å². The summed E-state index contributed by atoms with van der Waals surface area (Å²) in [6.45, 7) is 1.65. The lowest BCUT2D eigenvalue weighted by molar-refractivity contribution is 0.0829. The summed E-state index contributed by atoms with van der Waals surface area (Å²) in [4.78, 5) is 27.1. The lowest BCUT2D eigenvalue weighted by Crippen LogP contribution is -2.41. The minimum atomic E-state index is -4.02. The number of methoxy groups -OCH3 is 1. The normalized spacial score (nSPS) is 14.1. The molecule has 1 aliphatic carbocycles. The Bertz CT molecular complexity index is 1430. The SMILES string of the molecule is COc1ccc(C(=O)NNC(=O)c2oc3c(c2C)/C(=N/NS(=O)(=O)c2ccc(F)cc2)CCC3)cc1. The van der Waals surface area contributed by atoms with Crippen LogP contribution in [0.3, 0.4) is 0 Å². The van der Waals surface area contributed by atoms with Crippen molar-refractivity contribution in [2.45, 2.75) is 31.1 Å². The predicted octanol–water partition coefficient (Wildman–Crippen LogP) is 2.83. The molecule has 12 heteroatoms. The number of hydrogen-bond acceptors (Lipinski definition) is 7. The minimum absolute atomic E-state index is 0.0222. The molecule has 0 saturated heterocycles. The van der Waals surface area contributed by atoms with Crippen molar-refractivity contribution in [3.05, 3.63) is 82.6 Å². The molecule has 0 bridgehead atoms. The van der Waals surface area contributed by atoms with E-state index in [0.717, 1.165) is 24.3 Å². The van der Waals surface area contributed by atoms with Crippen LogP contribution in [0.2, 0.25) is 0 Å². The van der Waals surface area contributed by atoms with Crippen molar-refractivity contribution in [3.63, 3.8) is 0 Å². The Morgan fingerprint density at radius 2 is 1.67 bits per heavy atom. The van der Waals surface area contributed by atoms with Gasteiger partial charge in [0.2, 0.25) is 0 Å². The molecule has 1 heterocycles. The lowest BCUT2D eigenvalue weighted by atomic mass is 9.93. The van der Waals surface area contributed by atoms with Crippen LogP contribution in [-0.4, -0.2) is 33.1 Å². The maximum absolute atomic E-state index is 13.1. The number of aryl methyl sites for hydroxylation is 1. The van der Waals surface area contributed by atoms with Gasteiger partial charge in [-0.3, -0.25) is 20.4 Å². The largest absolute Gasteiger partial charge is 0.497 e. The van der Waals surface area contributed by atoms with E-state index in [-0.39, 0.29) is 10.7 Å². The predicted molar refractivity (Wildman–Crippen MR) is 128 cm³/mol. The number of halogens is 1. The number of rotatable bonds is 6. The summed E-state index contributed by atoms with van der Waals surface area (Å²) in [5.41, 5.74) is 6.38. The number of nitrogens with one attached hydrogen (secondary N) is 3. The maximum atomic E-state index is 13.1. The van der Waals surface area contributed by atoms with E-state index in [9.17, 15) is 22.4 Å². The van der Waals surface area contributed by atoms with Crippen molar-refractivity contribution in [3.8, 4) is 5.75 Å². The van der Waals surface area contributed by atoms with E-state index in [1.807, 2.05) is 0 Å². The van der Waals surface area contributed by atoms with Gasteiger partial charge in [-0.2, -0.15) is 18.4 Å². The van der Waals surface area contributed by atoms with E-state index < -0.39 is 27.7 Å². The number of hydrazone groups is 1. The summed E-state index contributed by atoms with van der Waals surface area (Å²) in [5, 5.41) is 4.07. The number of hydrogen-bond donors (Lipinski definition) is 3. The van der Waals surface area contributed by atoms with E-state index in [1.165, 1.54) is 7.11 Å². The quantitative estimate of drug-likeness (QED) is 0.433. The number of nitrogens with zero attached hydrogens (tertiary/aromatic N) is 1. The molecule has 0 radical (unpaired) electrons. The number of ether oxygens (including phenoxy) is 1. The number of carbonyl (C=O) groups is 2. The van der Waals surface area contributed by atoms with Crippen molar-refractivity contribution in [2.75, 3.05) is 7.11 Å². The van der Waals surface area contributed by atoms with E-state index in [1.54, 1.807) is 31.2 Å². The van der Waals surface area contributed by atoms with Crippen LogP contribution >= 0.6 is 0 Å². The van der Waals surface area contributed by atoms with Crippen LogP contribution in [0.15, 0.2) is 62.9 Å². The Morgan fingerprint density at radius 1 is 1.00 bits per heavy atom. The third-order valence-corrected chi connectivity index (χ3v) is 6.82. The van der Waals surface area contributed by atoms with Gasteiger partial charge in [0.05, 0.1) is 17.7 Å². The fraction of sp³-hybridized carbons (Fsp3) is 0.208. The van der Waals surface area contributed by atoms with E-state index in [4.69, 9.17) is 9.15 Å². The van der Waals surface area contributed by atoms with Crippen LogP contribution in [0.4, 0.5) is 4.39 Å². The highest BCUT2D eigenvalue weighted by Gasteiger charge is 2.28. The monoisotopic (exact) mass is 514 g/mol. The molecule has 0 fully saturated rings. The van der Waals surface area contributed by atoms with E-state index in [0.29, 0.717) is 53.2 Å². The molecule has 0 atom stereocenters. The third-order valence-electron chi connectivity index (χ3n) is 5.60. The average Bonchev–Trinajstić information content (AvgIpc) is 3.23. The summed E-state index contributed by atoms with van der Waals surface area (Å²) < 4.78 is 49.0. The van der Waals surface area contributed by atoms with Crippen LogP contribution in [0.5, 0.6) is 5.75 Å². The highest BCUT2D eigenvalue weighted by Crippen LogP contribution is 2.30. The first-order valence-electron chi connectivity index (χ1n) is 10.9. The molecule has 4 rings (SSSR count). The van der Waals surface area contributed by atoms with Crippen LogP contribution in [-0.2, 0) is 16.4 Å². The van der Waals surface area contributed by atoms with Crippen molar-refractivity contribution in [2.24, 2.45) is 5.10 Å². The highest BCUT2D eigenvalue weighted by molar-refractivity contribution is 7.89.